The Kier molecular flexibility index (Phi) is 6.32. The van der Waals surface area contributed by atoms with Crippen molar-refractivity contribution in [3.05, 3.63) is 29.8 Å². The number of amides is 1. The summed E-state index contributed by atoms with van der Waals surface area (Å²) in [7, 11) is 0. The van der Waals surface area contributed by atoms with Gasteiger partial charge in [0, 0.05) is 11.6 Å². The van der Waals surface area contributed by atoms with Gasteiger partial charge in [-0.1, -0.05) is 18.2 Å². The maximum absolute atomic E-state index is 12.2. The third-order valence-corrected chi connectivity index (χ3v) is 3.95. The van der Waals surface area contributed by atoms with Crippen LogP contribution in [0.2, 0.25) is 0 Å². The number of para-hydroxylation sites is 1. The molecule has 0 unspecified atom stereocenters. The van der Waals surface area contributed by atoms with E-state index in [1.165, 1.54) is 0 Å². The highest BCUT2D eigenvalue weighted by molar-refractivity contribution is 5.93. The molecular formula is C15H23ClN2O. The summed E-state index contributed by atoms with van der Waals surface area (Å²) < 4.78 is 0. The molecule has 3 nitrogen and oxygen atoms in total. The van der Waals surface area contributed by atoms with Crippen molar-refractivity contribution in [3.63, 3.8) is 0 Å². The van der Waals surface area contributed by atoms with Crippen LogP contribution in [0.4, 0.5) is 5.69 Å². The molecule has 0 spiro atoms. The minimum Gasteiger partial charge on any atom is -0.330 e. The molecule has 1 aromatic carbocycles. The van der Waals surface area contributed by atoms with E-state index in [0.717, 1.165) is 43.5 Å². The van der Waals surface area contributed by atoms with Crippen LogP contribution in [-0.4, -0.2) is 12.5 Å². The Labute approximate surface area is 121 Å². The van der Waals surface area contributed by atoms with E-state index in [2.05, 4.69) is 5.32 Å². The number of hydrogen-bond donors (Lipinski definition) is 2. The predicted molar refractivity (Wildman–Crippen MR) is 81.6 cm³/mol. The zero-order valence-corrected chi connectivity index (χ0v) is 12.2. The van der Waals surface area contributed by atoms with Crippen LogP contribution in [0, 0.1) is 18.8 Å². The van der Waals surface area contributed by atoms with Crippen molar-refractivity contribution in [2.75, 3.05) is 11.9 Å². The average molecular weight is 283 g/mol. The molecule has 1 fully saturated rings. The Bertz CT molecular complexity index is 414. The zero-order chi connectivity index (χ0) is 13.0. The molecule has 1 amide bonds. The molecule has 4 heteroatoms. The average Bonchev–Trinajstić information content (AvgIpc) is 2.41. The number of halogens is 1. The lowest BCUT2D eigenvalue weighted by Gasteiger charge is -2.26. The molecule has 0 radical (unpaired) electrons. The quantitative estimate of drug-likeness (QED) is 0.895. The Morgan fingerprint density at radius 2 is 1.89 bits per heavy atom. The van der Waals surface area contributed by atoms with Gasteiger partial charge < -0.3 is 11.1 Å². The van der Waals surface area contributed by atoms with Crippen molar-refractivity contribution in [1.82, 2.24) is 0 Å². The number of rotatable bonds is 3. The van der Waals surface area contributed by atoms with Gasteiger partial charge in [0.05, 0.1) is 0 Å². The second-order valence-electron chi connectivity index (χ2n) is 5.26. The number of carbonyl (C=O) groups excluding carboxylic acids is 1. The summed E-state index contributed by atoms with van der Waals surface area (Å²) >= 11 is 0. The van der Waals surface area contributed by atoms with Gasteiger partial charge in [-0.15, -0.1) is 12.4 Å². The van der Waals surface area contributed by atoms with Gasteiger partial charge in [-0.25, -0.2) is 0 Å². The molecule has 0 aromatic heterocycles. The van der Waals surface area contributed by atoms with Crippen LogP contribution in [0.5, 0.6) is 0 Å². The normalized spacial score (nSPS) is 22.4. The Hall–Kier alpha value is -1.06. The van der Waals surface area contributed by atoms with Gasteiger partial charge in [0.2, 0.25) is 5.91 Å². The number of anilines is 1. The fourth-order valence-electron chi connectivity index (χ4n) is 2.61. The van der Waals surface area contributed by atoms with E-state index in [-0.39, 0.29) is 24.2 Å². The largest absolute Gasteiger partial charge is 0.330 e. The van der Waals surface area contributed by atoms with E-state index in [9.17, 15) is 4.79 Å². The van der Waals surface area contributed by atoms with Gasteiger partial charge >= 0.3 is 0 Å². The highest BCUT2D eigenvalue weighted by atomic mass is 35.5. The molecule has 3 N–H and O–H groups in total. The monoisotopic (exact) mass is 282 g/mol. The number of benzene rings is 1. The standard InChI is InChI=1S/C15H22N2O.ClH/c1-11-4-2-3-5-14(11)17-15(18)13-8-6-12(10-16)7-9-13;/h2-5,12-13H,6-10,16H2,1H3,(H,17,18);1H/t12-,13-;. The van der Waals surface area contributed by atoms with E-state index < -0.39 is 0 Å². The maximum Gasteiger partial charge on any atom is 0.227 e. The van der Waals surface area contributed by atoms with Crippen molar-refractivity contribution < 1.29 is 4.79 Å². The molecule has 1 aliphatic carbocycles. The van der Waals surface area contributed by atoms with Crippen molar-refractivity contribution in [2.45, 2.75) is 32.6 Å². The van der Waals surface area contributed by atoms with Gasteiger partial charge in [0.25, 0.3) is 0 Å². The topological polar surface area (TPSA) is 55.1 Å². The van der Waals surface area contributed by atoms with E-state index in [1.807, 2.05) is 31.2 Å². The minimum absolute atomic E-state index is 0. The first-order valence-corrected chi connectivity index (χ1v) is 6.77. The Morgan fingerprint density at radius 1 is 1.26 bits per heavy atom. The van der Waals surface area contributed by atoms with Gasteiger partial charge in [0.15, 0.2) is 0 Å². The molecule has 1 aromatic rings. The molecule has 0 saturated heterocycles. The Morgan fingerprint density at radius 3 is 2.47 bits per heavy atom. The highest BCUT2D eigenvalue weighted by Crippen LogP contribution is 2.29. The van der Waals surface area contributed by atoms with Crippen LogP contribution in [-0.2, 0) is 4.79 Å². The summed E-state index contributed by atoms with van der Waals surface area (Å²) in [6.45, 7) is 2.77. The summed E-state index contributed by atoms with van der Waals surface area (Å²) in [6, 6.07) is 7.91. The lowest BCUT2D eigenvalue weighted by atomic mass is 9.81. The SMILES string of the molecule is Cc1ccccc1NC(=O)[C@H]1CC[C@H](CN)CC1.Cl. The smallest absolute Gasteiger partial charge is 0.227 e. The fourth-order valence-corrected chi connectivity index (χ4v) is 2.61. The molecule has 0 heterocycles. The summed E-state index contributed by atoms with van der Waals surface area (Å²) in [5, 5.41) is 3.04. The molecule has 0 atom stereocenters. The van der Waals surface area contributed by atoms with E-state index in [4.69, 9.17) is 5.73 Å². The number of carbonyl (C=O) groups is 1. The van der Waals surface area contributed by atoms with E-state index in [1.54, 1.807) is 0 Å². The van der Waals surface area contributed by atoms with Gasteiger partial charge in [-0.3, -0.25) is 4.79 Å². The molecule has 2 rings (SSSR count). The Balaban J connectivity index is 0.00000180. The highest BCUT2D eigenvalue weighted by Gasteiger charge is 2.25. The summed E-state index contributed by atoms with van der Waals surface area (Å²) in [5.74, 6) is 0.944. The minimum atomic E-state index is 0. The number of nitrogens with two attached hydrogens (primary N) is 1. The van der Waals surface area contributed by atoms with Crippen molar-refractivity contribution in [3.8, 4) is 0 Å². The second kappa shape index (κ2) is 7.51. The van der Waals surface area contributed by atoms with Crippen molar-refractivity contribution in [2.24, 2.45) is 17.6 Å². The van der Waals surface area contributed by atoms with Crippen molar-refractivity contribution >= 4 is 24.0 Å². The summed E-state index contributed by atoms with van der Waals surface area (Å²) in [4.78, 5) is 12.2. The molecule has 0 aliphatic heterocycles. The van der Waals surface area contributed by atoms with Crippen molar-refractivity contribution in [1.29, 1.82) is 0 Å². The third-order valence-electron chi connectivity index (χ3n) is 3.95. The number of aryl methyl sites for hydroxylation is 1. The lowest BCUT2D eigenvalue weighted by molar-refractivity contribution is -0.121. The van der Waals surface area contributed by atoms with Gasteiger partial charge in [-0.05, 0) is 56.7 Å². The molecule has 0 bridgehead atoms. The maximum atomic E-state index is 12.2. The van der Waals surface area contributed by atoms with E-state index in [0.29, 0.717) is 5.92 Å². The molecule has 19 heavy (non-hydrogen) atoms. The number of hydrogen-bond acceptors (Lipinski definition) is 2. The van der Waals surface area contributed by atoms with Crippen LogP contribution in [0.15, 0.2) is 24.3 Å². The van der Waals surface area contributed by atoms with Gasteiger partial charge in [-0.2, -0.15) is 0 Å². The zero-order valence-electron chi connectivity index (χ0n) is 11.4. The second-order valence-corrected chi connectivity index (χ2v) is 5.26. The summed E-state index contributed by atoms with van der Waals surface area (Å²) in [5.41, 5.74) is 7.71. The molecular weight excluding hydrogens is 260 g/mol. The van der Waals surface area contributed by atoms with Crippen LogP contribution in [0.3, 0.4) is 0 Å². The summed E-state index contributed by atoms with van der Waals surface area (Å²) in [6.07, 6.45) is 4.11. The number of nitrogens with one attached hydrogen (secondary N) is 1. The first-order valence-electron chi connectivity index (χ1n) is 6.77. The van der Waals surface area contributed by atoms with E-state index >= 15 is 0 Å². The third kappa shape index (κ3) is 4.22. The first-order chi connectivity index (χ1) is 8.70. The van der Waals surface area contributed by atoms with Crippen LogP contribution < -0.4 is 11.1 Å². The fraction of sp³-hybridized carbons (Fsp3) is 0.533. The van der Waals surface area contributed by atoms with Crippen LogP contribution >= 0.6 is 12.4 Å². The lowest BCUT2D eigenvalue weighted by Crippen LogP contribution is -2.29. The molecule has 106 valence electrons. The molecule has 1 saturated carbocycles. The predicted octanol–water partition coefficient (Wildman–Crippen LogP) is 3.12. The van der Waals surface area contributed by atoms with Crippen LogP contribution in [0.25, 0.3) is 0 Å². The van der Waals surface area contributed by atoms with Crippen LogP contribution in [0.1, 0.15) is 31.2 Å². The van der Waals surface area contributed by atoms with Gasteiger partial charge in [0.1, 0.15) is 0 Å². The first kappa shape index (κ1) is 16.0. The molecule has 1 aliphatic rings.